The molecule has 1 unspecified atom stereocenters. The van der Waals surface area contributed by atoms with Gasteiger partial charge in [0.2, 0.25) is 5.91 Å². The zero-order chi connectivity index (χ0) is 25.2. The Morgan fingerprint density at radius 2 is 1.66 bits per heavy atom. The molecule has 184 valence electrons. The number of carboxylic acid groups (broad SMARTS) is 1. The van der Waals surface area contributed by atoms with Gasteiger partial charge in [-0.1, -0.05) is 81.0 Å². The van der Waals surface area contributed by atoms with Gasteiger partial charge in [-0.15, -0.1) is 0 Å². The van der Waals surface area contributed by atoms with Crippen LogP contribution in [-0.4, -0.2) is 53.7 Å². The van der Waals surface area contributed by atoms with Crippen LogP contribution in [0.5, 0.6) is 0 Å². The van der Waals surface area contributed by atoms with Gasteiger partial charge in [-0.3, -0.25) is 9.59 Å². The second kappa shape index (κ2) is 9.94. The quantitative estimate of drug-likeness (QED) is 0.596. The number of carboxylic acids is 1. The number of ether oxygens (including phenoxy) is 1. The van der Waals surface area contributed by atoms with E-state index in [4.69, 9.17) is 4.74 Å². The number of hydrogen-bond acceptors (Lipinski definition) is 4. The Balaban J connectivity index is 1.41. The normalized spacial score (nSPS) is 16.1. The van der Waals surface area contributed by atoms with Crippen molar-refractivity contribution in [3.8, 4) is 11.1 Å². The molecule has 2 N–H and O–H groups in total. The molecular weight excluding hydrogens is 444 g/mol. The van der Waals surface area contributed by atoms with Crippen LogP contribution in [0.1, 0.15) is 50.7 Å². The van der Waals surface area contributed by atoms with Crippen LogP contribution in [0.25, 0.3) is 11.1 Å². The summed E-state index contributed by atoms with van der Waals surface area (Å²) in [4.78, 5) is 38.8. The van der Waals surface area contributed by atoms with Gasteiger partial charge in [-0.2, -0.15) is 0 Å². The fourth-order valence-electron chi connectivity index (χ4n) is 4.93. The summed E-state index contributed by atoms with van der Waals surface area (Å²) in [6.45, 7) is 7.36. The maximum Gasteiger partial charge on any atom is 0.407 e. The Bertz CT molecular complexity index is 1120. The van der Waals surface area contributed by atoms with Gasteiger partial charge in [-0.25, -0.2) is 4.79 Å². The second-order valence-corrected chi connectivity index (χ2v) is 10.1. The molecule has 7 nitrogen and oxygen atoms in total. The molecule has 1 atom stereocenters. The third-order valence-corrected chi connectivity index (χ3v) is 6.80. The lowest BCUT2D eigenvalue weighted by Gasteiger charge is -2.33. The maximum atomic E-state index is 13.1. The Labute approximate surface area is 205 Å². The van der Waals surface area contributed by atoms with Crippen LogP contribution in [0.4, 0.5) is 4.79 Å². The molecule has 0 radical (unpaired) electrons. The summed E-state index contributed by atoms with van der Waals surface area (Å²) in [5.41, 5.74) is 5.67. The standard InChI is InChI=1S/C28H32N2O5/c1-28(2,3)18-12-14-30(15-13-18)26(33)24(16-25(31)32)29-27(34)35-17-23-21-10-6-4-8-19(21)20-9-5-7-11-22(20)23/h4-12,23-24H,13-17H2,1-3H3,(H,29,34)(H,31,32). The van der Waals surface area contributed by atoms with E-state index >= 15 is 0 Å². The number of fused-ring (bicyclic) bond motifs is 3. The van der Waals surface area contributed by atoms with Gasteiger partial charge < -0.3 is 20.1 Å². The van der Waals surface area contributed by atoms with E-state index in [9.17, 15) is 19.5 Å². The Kier molecular flexibility index (Phi) is 6.96. The highest BCUT2D eigenvalue weighted by Gasteiger charge is 2.32. The van der Waals surface area contributed by atoms with E-state index in [1.807, 2.05) is 54.6 Å². The molecule has 1 aliphatic carbocycles. The third-order valence-electron chi connectivity index (χ3n) is 6.80. The van der Waals surface area contributed by atoms with E-state index in [1.54, 1.807) is 4.90 Å². The van der Waals surface area contributed by atoms with Gasteiger partial charge in [-0.05, 0) is 34.1 Å². The number of aliphatic carboxylic acids is 1. The van der Waals surface area contributed by atoms with E-state index in [0.717, 1.165) is 28.7 Å². The number of amides is 2. The Morgan fingerprint density at radius 1 is 1.06 bits per heavy atom. The smallest absolute Gasteiger partial charge is 0.407 e. The van der Waals surface area contributed by atoms with E-state index in [-0.39, 0.29) is 17.9 Å². The largest absolute Gasteiger partial charge is 0.481 e. The van der Waals surface area contributed by atoms with Crippen LogP contribution >= 0.6 is 0 Å². The molecule has 0 fully saturated rings. The Morgan fingerprint density at radius 3 is 2.17 bits per heavy atom. The van der Waals surface area contributed by atoms with Crippen LogP contribution in [0.3, 0.4) is 0 Å². The first-order valence-electron chi connectivity index (χ1n) is 12.0. The van der Waals surface area contributed by atoms with E-state index in [0.29, 0.717) is 13.1 Å². The van der Waals surface area contributed by atoms with Crippen molar-refractivity contribution in [3.63, 3.8) is 0 Å². The van der Waals surface area contributed by atoms with Crippen molar-refractivity contribution in [2.45, 2.75) is 45.6 Å². The number of alkyl carbamates (subject to hydrolysis) is 1. The minimum absolute atomic E-state index is 0.0230. The maximum absolute atomic E-state index is 13.1. The van der Waals surface area contributed by atoms with Crippen LogP contribution in [0.15, 0.2) is 60.2 Å². The predicted octanol–water partition coefficient (Wildman–Crippen LogP) is 4.57. The highest BCUT2D eigenvalue weighted by Crippen LogP contribution is 2.44. The summed E-state index contributed by atoms with van der Waals surface area (Å²) < 4.78 is 5.53. The monoisotopic (exact) mass is 476 g/mol. The van der Waals surface area contributed by atoms with Crippen molar-refractivity contribution in [2.24, 2.45) is 5.41 Å². The number of nitrogens with zero attached hydrogens (tertiary/aromatic N) is 1. The molecule has 2 aromatic carbocycles. The summed E-state index contributed by atoms with van der Waals surface area (Å²) in [7, 11) is 0. The SMILES string of the molecule is CC(C)(C)C1=CCN(C(=O)C(CC(=O)O)NC(=O)OCC2c3ccccc3-c3ccccc32)CC1. The number of hydrogen-bond donors (Lipinski definition) is 2. The molecule has 0 spiro atoms. The first-order valence-corrected chi connectivity index (χ1v) is 12.0. The topological polar surface area (TPSA) is 95.9 Å². The molecule has 7 heteroatoms. The fourth-order valence-corrected chi connectivity index (χ4v) is 4.93. The lowest BCUT2D eigenvalue weighted by molar-refractivity contribution is -0.142. The van der Waals surface area contributed by atoms with E-state index < -0.39 is 30.4 Å². The van der Waals surface area contributed by atoms with Gasteiger partial charge in [0.1, 0.15) is 12.6 Å². The van der Waals surface area contributed by atoms with E-state index in [1.165, 1.54) is 5.57 Å². The highest BCUT2D eigenvalue weighted by atomic mass is 16.5. The molecule has 0 saturated carbocycles. The second-order valence-electron chi connectivity index (χ2n) is 10.1. The highest BCUT2D eigenvalue weighted by molar-refractivity contribution is 5.89. The van der Waals surface area contributed by atoms with Crippen molar-refractivity contribution in [3.05, 3.63) is 71.3 Å². The van der Waals surface area contributed by atoms with Crippen molar-refractivity contribution in [1.29, 1.82) is 0 Å². The first-order chi connectivity index (χ1) is 16.6. The molecule has 35 heavy (non-hydrogen) atoms. The molecule has 1 heterocycles. The van der Waals surface area contributed by atoms with Crippen molar-refractivity contribution < 1.29 is 24.2 Å². The number of carbonyl (C=O) groups excluding carboxylic acids is 2. The minimum Gasteiger partial charge on any atom is -0.481 e. The lowest BCUT2D eigenvalue weighted by Crippen LogP contribution is -2.51. The average molecular weight is 477 g/mol. The Hall–Kier alpha value is -3.61. The molecule has 4 rings (SSSR count). The molecule has 2 aliphatic rings. The van der Waals surface area contributed by atoms with Gasteiger partial charge in [0, 0.05) is 19.0 Å². The number of rotatable bonds is 6. The predicted molar refractivity (Wildman–Crippen MR) is 133 cm³/mol. The lowest BCUT2D eigenvalue weighted by atomic mass is 9.83. The fraction of sp³-hybridized carbons (Fsp3) is 0.393. The van der Waals surface area contributed by atoms with Crippen molar-refractivity contribution >= 4 is 18.0 Å². The molecular formula is C28H32N2O5. The first kappa shape index (κ1) is 24.5. The van der Waals surface area contributed by atoms with Gasteiger partial charge in [0.15, 0.2) is 0 Å². The zero-order valence-electron chi connectivity index (χ0n) is 20.4. The average Bonchev–Trinajstić information content (AvgIpc) is 3.15. The molecule has 0 saturated heterocycles. The van der Waals surface area contributed by atoms with Crippen LogP contribution < -0.4 is 5.32 Å². The number of benzene rings is 2. The third kappa shape index (κ3) is 5.39. The summed E-state index contributed by atoms with van der Waals surface area (Å²) >= 11 is 0. The summed E-state index contributed by atoms with van der Waals surface area (Å²) in [5, 5.41) is 11.8. The summed E-state index contributed by atoms with van der Waals surface area (Å²) in [6, 6.07) is 14.8. The molecule has 0 aromatic heterocycles. The molecule has 1 aliphatic heterocycles. The van der Waals surface area contributed by atoms with Crippen LogP contribution in [0.2, 0.25) is 0 Å². The van der Waals surface area contributed by atoms with Crippen LogP contribution in [-0.2, 0) is 14.3 Å². The van der Waals surface area contributed by atoms with Crippen molar-refractivity contribution in [1.82, 2.24) is 10.2 Å². The van der Waals surface area contributed by atoms with Crippen molar-refractivity contribution in [2.75, 3.05) is 19.7 Å². The zero-order valence-corrected chi connectivity index (χ0v) is 20.4. The molecule has 2 aromatic rings. The minimum atomic E-state index is -1.19. The van der Waals surface area contributed by atoms with Gasteiger partial charge >= 0.3 is 12.1 Å². The van der Waals surface area contributed by atoms with Gasteiger partial charge in [0.05, 0.1) is 6.42 Å². The van der Waals surface area contributed by atoms with E-state index in [2.05, 4.69) is 26.1 Å². The number of nitrogens with one attached hydrogen (secondary N) is 1. The number of carbonyl (C=O) groups is 3. The van der Waals surface area contributed by atoms with Gasteiger partial charge in [0.25, 0.3) is 0 Å². The molecule has 2 amide bonds. The summed E-state index contributed by atoms with van der Waals surface area (Å²) in [6.07, 6.45) is 1.44. The summed E-state index contributed by atoms with van der Waals surface area (Å²) in [5.74, 6) is -1.69. The molecule has 0 bridgehead atoms. The van der Waals surface area contributed by atoms with Crippen LogP contribution in [0, 0.1) is 5.41 Å².